The van der Waals surface area contributed by atoms with E-state index in [0.717, 1.165) is 34.0 Å². The van der Waals surface area contributed by atoms with Gasteiger partial charge in [-0.05, 0) is 42.5 Å². The van der Waals surface area contributed by atoms with Crippen LogP contribution in [0.15, 0.2) is 77.1 Å². The van der Waals surface area contributed by atoms with Gasteiger partial charge in [-0.1, -0.05) is 78.5 Å². The first-order valence-corrected chi connectivity index (χ1v) is 12.5. The monoisotopic (exact) mass is 473 g/mol. The topological polar surface area (TPSA) is 59.4 Å². The van der Waals surface area contributed by atoms with E-state index in [-0.39, 0.29) is 11.9 Å². The molecule has 1 aliphatic carbocycles. The summed E-state index contributed by atoms with van der Waals surface area (Å²) >= 11 is 3.56. The van der Waals surface area contributed by atoms with Gasteiger partial charge in [0.15, 0.2) is 10.9 Å². The third kappa shape index (κ3) is 4.54. The Labute approximate surface area is 201 Å². The second-order valence-corrected chi connectivity index (χ2v) is 10.4. The van der Waals surface area contributed by atoms with Crippen LogP contribution in [0, 0.1) is 6.92 Å². The smallest absolute Gasteiger partial charge is 0.341 e. The Morgan fingerprint density at radius 1 is 1.06 bits per heavy atom. The molecule has 0 amide bonds. The highest BCUT2D eigenvalue weighted by Crippen LogP contribution is 2.47. The molecule has 4 nitrogen and oxygen atoms in total. The van der Waals surface area contributed by atoms with Crippen molar-refractivity contribution in [3.05, 3.63) is 99.9 Å². The van der Waals surface area contributed by atoms with Crippen molar-refractivity contribution in [2.24, 2.45) is 0 Å². The summed E-state index contributed by atoms with van der Waals surface area (Å²) in [5.41, 5.74) is 6.93. The molecule has 1 atom stereocenters. The number of carboxylic acid groups (broad SMARTS) is 1. The number of benzene rings is 3. The van der Waals surface area contributed by atoms with E-state index in [0.29, 0.717) is 5.75 Å². The molecule has 5 rings (SSSR count). The average molecular weight is 474 g/mol. The zero-order valence-electron chi connectivity index (χ0n) is 18.2. The van der Waals surface area contributed by atoms with Gasteiger partial charge in [-0.25, -0.2) is 9.78 Å². The SMILES string of the molecule is Cc1ccccc1C(Sc1nc2c(s1)CCc1c(OCC(=O)O)cccc1-2)c1ccccc1. The number of thioether (sulfide) groups is 1. The maximum absolute atomic E-state index is 11.0. The first-order valence-electron chi connectivity index (χ1n) is 10.8. The molecule has 1 aromatic heterocycles. The van der Waals surface area contributed by atoms with Gasteiger partial charge in [0.05, 0.1) is 10.9 Å². The van der Waals surface area contributed by atoms with Crippen LogP contribution in [-0.2, 0) is 17.6 Å². The number of carboxylic acids is 1. The summed E-state index contributed by atoms with van der Waals surface area (Å²) in [4.78, 5) is 17.3. The van der Waals surface area contributed by atoms with Crippen LogP contribution < -0.4 is 4.74 Å². The highest BCUT2D eigenvalue weighted by Gasteiger charge is 2.26. The fraction of sp³-hybridized carbons (Fsp3) is 0.185. The lowest BCUT2D eigenvalue weighted by Gasteiger charge is -2.18. The summed E-state index contributed by atoms with van der Waals surface area (Å²) in [6, 6.07) is 24.9. The van der Waals surface area contributed by atoms with Gasteiger partial charge in [0, 0.05) is 16.0 Å². The number of nitrogens with zero attached hydrogens (tertiary/aromatic N) is 1. The summed E-state index contributed by atoms with van der Waals surface area (Å²) in [5.74, 6) is -0.329. The Bertz CT molecular complexity index is 1300. The molecule has 6 heteroatoms. The Hall–Kier alpha value is -3.09. The fourth-order valence-corrected chi connectivity index (χ4v) is 6.86. The molecule has 0 saturated carbocycles. The molecule has 0 bridgehead atoms. The predicted molar refractivity (Wildman–Crippen MR) is 133 cm³/mol. The molecule has 1 N–H and O–H groups in total. The Kier molecular flexibility index (Phi) is 6.20. The molecule has 33 heavy (non-hydrogen) atoms. The van der Waals surface area contributed by atoms with E-state index in [9.17, 15) is 4.79 Å². The van der Waals surface area contributed by atoms with Crippen molar-refractivity contribution in [2.45, 2.75) is 29.4 Å². The molecule has 166 valence electrons. The van der Waals surface area contributed by atoms with E-state index < -0.39 is 5.97 Å². The maximum atomic E-state index is 11.0. The van der Waals surface area contributed by atoms with E-state index >= 15 is 0 Å². The number of aryl methyl sites for hydroxylation is 2. The third-order valence-corrected chi connectivity index (χ3v) is 8.31. The van der Waals surface area contributed by atoms with Gasteiger partial charge < -0.3 is 9.84 Å². The average Bonchev–Trinajstić information content (AvgIpc) is 3.25. The molecule has 1 aliphatic rings. The van der Waals surface area contributed by atoms with Crippen LogP contribution in [0.1, 0.15) is 32.4 Å². The normalized spacial score (nSPS) is 13.1. The van der Waals surface area contributed by atoms with Crippen molar-refractivity contribution in [2.75, 3.05) is 6.61 Å². The number of carbonyl (C=O) groups is 1. The quantitative estimate of drug-likeness (QED) is 0.308. The summed E-state index contributed by atoms with van der Waals surface area (Å²) in [6.45, 7) is 1.82. The van der Waals surface area contributed by atoms with Crippen molar-refractivity contribution >= 4 is 29.1 Å². The number of ether oxygens (including phenoxy) is 1. The summed E-state index contributed by atoms with van der Waals surface area (Å²) in [6.07, 6.45) is 1.71. The summed E-state index contributed by atoms with van der Waals surface area (Å²) in [7, 11) is 0. The van der Waals surface area contributed by atoms with E-state index in [1.165, 1.54) is 21.6 Å². The first-order chi connectivity index (χ1) is 16.1. The molecule has 0 fully saturated rings. The van der Waals surface area contributed by atoms with E-state index in [1.807, 2.05) is 18.2 Å². The molecule has 1 heterocycles. The lowest BCUT2D eigenvalue weighted by atomic mass is 9.93. The number of fused-ring (bicyclic) bond motifs is 3. The van der Waals surface area contributed by atoms with E-state index in [4.69, 9.17) is 14.8 Å². The van der Waals surface area contributed by atoms with Crippen molar-refractivity contribution in [3.8, 4) is 17.0 Å². The number of thiazole rings is 1. The first kappa shape index (κ1) is 21.7. The largest absolute Gasteiger partial charge is 0.482 e. The van der Waals surface area contributed by atoms with Crippen molar-refractivity contribution in [1.82, 2.24) is 4.98 Å². The van der Waals surface area contributed by atoms with Crippen molar-refractivity contribution < 1.29 is 14.6 Å². The third-order valence-electron chi connectivity index (χ3n) is 5.81. The van der Waals surface area contributed by atoms with Crippen LogP contribution in [0.2, 0.25) is 0 Å². The van der Waals surface area contributed by atoms with Gasteiger partial charge in [0.1, 0.15) is 5.75 Å². The van der Waals surface area contributed by atoms with Crippen LogP contribution >= 0.6 is 23.1 Å². The lowest BCUT2D eigenvalue weighted by molar-refractivity contribution is -0.139. The molecule has 3 aromatic carbocycles. The predicted octanol–water partition coefficient (Wildman–Crippen LogP) is 6.56. The zero-order chi connectivity index (χ0) is 22.8. The van der Waals surface area contributed by atoms with Gasteiger partial charge in [-0.3, -0.25) is 0 Å². The molecule has 0 saturated heterocycles. The number of aromatic nitrogens is 1. The second-order valence-electron chi connectivity index (χ2n) is 7.98. The van der Waals surface area contributed by atoms with Gasteiger partial charge in [0.2, 0.25) is 0 Å². The highest BCUT2D eigenvalue weighted by molar-refractivity contribution is 8.01. The van der Waals surface area contributed by atoms with Gasteiger partial charge in [-0.2, -0.15) is 0 Å². The molecule has 4 aromatic rings. The summed E-state index contributed by atoms with van der Waals surface area (Å²) in [5, 5.41) is 9.15. The molecule has 0 aliphatic heterocycles. The van der Waals surface area contributed by atoms with E-state index in [1.54, 1.807) is 23.1 Å². The number of rotatable bonds is 7. The molecular weight excluding hydrogens is 450 g/mol. The molecule has 0 spiro atoms. The zero-order valence-corrected chi connectivity index (χ0v) is 19.8. The van der Waals surface area contributed by atoms with Crippen LogP contribution in [0.4, 0.5) is 0 Å². The molecule has 1 unspecified atom stereocenters. The van der Waals surface area contributed by atoms with Crippen LogP contribution in [-0.4, -0.2) is 22.7 Å². The van der Waals surface area contributed by atoms with Gasteiger partial charge in [0.25, 0.3) is 0 Å². The van der Waals surface area contributed by atoms with Crippen molar-refractivity contribution in [1.29, 1.82) is 0 Å². The maximum Gasteiger partial charge on any atom is 0.341 e. The second kappa shape index (κ2) is 9.41. The van der Waals surface area contributed by atoms with Crippen LogP contribution in [0.25, 0.3) is 11.3 Å². The minimum Gasteiger partial charge on any atom is -0.482 e. The Balaban J connectivity index is 1.50. The minimum absolute atomic E-state index is 0.157. The van der Waals surface area contributed by atoms with Gasteiger partial charge >= 0.3 is 5.97 Å². The lowest BCUT2D eigenvalue weighted by Crippen LogP contribution is -2.12. The Morgan fingerprint density at radius 3 is 2.64 bits per heavy atom. The number of hydrogen-bond donors (Lipinski definition) is 1. The molecule has 0 radical (unpaired) electrons. The Morgan fingerprint density at radius 2 is 1.85 bits per heavy atom. The number of hydrogen-bond acceptors (Lipinski definition) is 5. The fourth-order valence-electron chi connectivity index (χ4n) is 4.24. The van der Waals surface area contributed by atoms with Crippen molar-refractivity contribution in [3.63, 3.8) is 0 Å². The standard InChI is InChI=1S/C27H23NO3S2/c1-17-8-5-6-11-19(17)26(18-9-3-2-4-10-18)33-27-28-25-21-12-7-13-22(31-16-24(29)30)20(21)14-15-23(25)32-27/h2-13,26H,14-16H2,1H3,(H,29,30). The minimum atomic E-state index is -0.973. The van der Waals surface area contributed by atoms with Crippen LogP contribution in [0.3, 0.4) is 0 Å². The van der Waals surface area contributed by atoms with E-state index in [2.05, 4.69) is 61.5 Å². The summed E-state index contributed by atoms with van der Waals surface area (Å²) < 4.78 is 6.60. The highest BCUT2D eigenvalue weighted by atomic mass is 32.2. The van der Waals surface area contributed by atoms with Crippen LogP contribution in [0.5, 0.6) is 5.75 Å². The number of aliphatic carboxylic acids is 1. The molecular formula is C27H23NO3S2. The van der Waals surface area contributed by atoms with Gasteiger partial charge in [-0.15, -0.1) is 11.3 Å².